The Morgan fingerprint density at radius 2 is 1.64 bits per heavy atom. The Labute approximate surface area is 260 Å². The smallest absolute Gasteiger partial charge is 0.331 e. The number of ether oxygens (including phenoxy) is 2. The third-order valence-corrected chi connectivity index (χ3v) is 10.1. The number of fused-ring (bicyclic) bond motifs is 5. The molecule has 0 heterocycles. The van der Waals surface area contributed by atoms with E-state index >= 15 is 0 Å². The van der Waals surface area contributed by atoms with Crippen molar-refractivity contribution in [3.63, 3.8) is 0 Å². The molecule has 3 N–H and O–H groups in total. The lowest BCUT2D eigenvalue weighted by Crippen LogP contribution is -2.66. The van der Waals surface area contributed by atoms with E-state index in [0.717, 1.165) is 12.8 Å². The predicted molar refractivity (Wildman–Crippen MR) is 167 cm³/mol. The summed E-state index contributed by atoms with van der Waals surface area (Å²) in [6.07, 6.45) is 22.3. The second kappa shape index (κ2) is 12.6. The number of ketones is 1. The van der Waals surface area contributed by atoms with E-state index in [2.05, 4.69) is 13.0 Å². The molecule has 8 atom stereocenters. The summed E-state index contributed by atoms with van der Waals surface area (Å²) in [5.74, 6) is -4.88. The highest BCUT2D eigenvalue weighted by Gasteiger charge is 2.87. The van der Waals surface area contributed by atoms with Crippen LogP contribution in [0, 0.1) is 29.1 Å². The van der Waals surface area contributed by atoms with Gasteiger partial charge in [-0.3, -0.25) is 9.59 Å². The van der Waals surface area contributed by atoms with Gasteiger partial charge in [0.25, 0.3) is 0 Å². The maximum atomic E-state index is 13.2. The molecule has 8 heteroatoms. The number of hydrogen-bond acceptors (Lipinski definition) is 8. The van der Waals surface area contributed by atoms with Crippen molar-refractivity contribution in [3.8, 4) is 0 Å². The van der Waals surface area contributed by atoms with E-state index in [1.165, 1.54) is 13.0 Å². The van der Waals surface area contributed by atoms with Crippen molar-refractivity contribution < 1.29 is 39.2 Å². The highest BCUT2D eigenvalue weighted by molar-refractivity contribution is 6.04. The van der Waals surface area contributed by atoms with Crippen molar-refractivity contribution in [1.29, 1.82) is 0 Å². The van der Waals surface area contributed by atoms with Gasteiger partial charge >= 0.3 is 11.9 Å². The summed E-state index contributed by atoms with van der Waals surface area (Å²) in [7, 11) is 0. The first kappa shape index (κ1) is 33.6. The largest absolute Gasteiger partial charge is 0.458 e. The van der Waals surface area contributed by atoms with Gasteiger partial charge in [-0.25, -0.2) is 4.79 Å². The van der Waals surface area contributed by atoms with Crippen molar-refractivity contribution in [2.45, 2.75) is 83.7 Å². The van der Waals surface area contributed by atoms with Crippen LogP contribution in [0.2, 0.25) is 0 Å². The van der Waals surface area contributed by atoms with Crippen LogP contribution in [0.3, 0.4) is 0 Å². The Morgan fingerprint density at radius 1 is 1.02 bits per heavy atom. The van der Waals surface area contributed by atoms with Gasteiger partial charge < -0.3 is 24.8 Å². The number of Topliss-reactive ketones (excluding diaryl/α,β-unsaturated/α-hetero) is 1. The highest BCUT2D eigenvalue weighted by atomic mass is 16.6. The molecule has 0 aromatic rings. The van der Waals surface area contributed by atoms with Gasteiger partial charge in [0, 0.05) is 48.5 Å². The molecule has 4 aliphatic rings. The maximum absolute atomic E-state index is 13.2. The molecule has 238 valence electrons. The van der Waals surface area contributed by atoms with Crippen LogP contribution in [-0.2, 0) is 23.9 Å². The number of rotatable bonds is 10. The second-order valence-corrected chi connectivity index (χ2v) is 13.1. The minimum atomic E-state index is -1.96. The van der Waals surface area contributed by atoms with Crippen molar-refractivity contribution in [3.05, 3.63) is 84.1 Å². The molecule has 0 aromatic carbocycles. The lowest BCUT2D eigenvalue weighted by molar-refractivity contribution is -0.226. The topological polar surface area (TPSA) is 130 Å². The Morgan fingerprint density at radius 3 is 2.23 bits per heavy atom. The van der Waals surface area contributed by atoms with Gasteiger partial charge in [-0.15, -0.1) is 0 Å². The van der Waals surface area contributed by atoms with Gasteiger partial charge in [-0.2, -0.15) is 0 Å². The first-order valence-electron chi connectivity index (χ1n) is 15.4. The zero-order chi connectivity index (χ0) is 32.5. The molecule has 2 fully saturated rings. The quantitative estimate of drug-likeness (QED) is 0.142. The van der Waals surface area contributed by atoms with Crippen LogP contribution in [-0.4, -0.2) is 62.6 Å². The lowest BCUT2D eigenvalue weighted by atomic mass is 9.59. The fourth-order valence-electron chi connectivity index (χ4n) is 8.06. The van der Waals surface area contributed by atoms with Crippen LogP contribution in [0.1, 0.15) is 60.8 Å². The Hall–Kier alpha value is -3.33. The molecule has 0 spiro atoms. The summed E-state index contributed by atoms with van der Waals surface area (Å²) in [5.41, 5.74) is -5.03. The number of hydrogen-bond donors (Lipinski definition) is 3. The van der Waals surface area contributed by atoms with E-state index in [1.807, 2.05) is 44.2 Å². The minimum absolute atomic E-state index is 0.139. The molecule has 0 amide bonds. The normalized spacial score (nSPS) is 37.7. The Balaban J connectivity index is 1.65. The van der Waals surface area contributed by atoms with Crippen LogP contribution in [0.4, 0.5) is 0 Å². The van der Waals surface area contributed by atoms with Crippen LogP contribution in [0.15, 0.2) is 84.1 Å². The molecule has 2 unspecified atom stereocenters. The summed E-state index contributed by atoms with van der Waals surface area (Å²) in [5, 5.41) is 34.6. The first-order valence-corrected chi connectivity index (χ1v) is 15.4. The number of aliphatic hydroxyl groups is 3. The molecule has 0 radical (unpaired) electrons. The van der Waals surface area contributed by atoms with Gasteiger partial charge in [0.05, 0.1) is 12.2 Å². The van der Waals surface area contributed by atoms with Crippen LogP contribution >= 0.6 is 0 Å². The summed E-state index contributed by atoms with van der Waals surface area (Å²) < 4.78 is 12.1. The van der Waals surface area contributed by atoms with Gasteiger partial charge in [-0.1, -0.05) is 101 Å². The average Bonchev–Trinajstić information content (AvgIpc) is 3.39. The molecule has 0 bridgehead atoms. The monoisotopic (exact) mass is 606 g/mol. The van der Waals surface area contributed by atoms with Crippen molar-refractivity contribution in [2.75, 3.05) is 6.61 Å². The molecule has 0 aromatic heterocycles. The fraction of sp³-hybridized carbons (Fsp3) is 0.528. The molecule has 0 saturated heterocycles. The summed E-state index contributed by atoms with van der Waals surface area (Å²) >= 11 is 0. The highest BCUT2D eigenvalue weighted by Crippen LogP contribution is 2.77. The number of aliphatic hydroxyl groups excluding tert-OH is 1. The zero-order valence-corrected chi connectivity index (χ0v) is 26.5. The summed E-state index contributed by atoms with van der Waals surface area (Å²) in [4.78, 5) is 38.9. The van der Waals surface area contributed by atoms with Crippen LogP contribution < -0.4 is 0 Å². The fourth-order valence-corrected chi connectivity index (χ4v) is 8.06. The summed E-state index contributed by atoms with van der Waals surface area (Å²) in [6.45, 7) is 10.1. The van der Waals surface area contributed by atoms with E-state index in [9.17, 15) is 29.7 Å². The average molecular weight is 607 g/mol. The molecule has 4 aliphatic carbocycles. The number of esters is 2. The van der Waals surface area contributed by atoms with E-state index < -0.39 is 76.3 Å². The standard InChI is InChI=1S/C36H46O8/c1-7-8-9-10-11-12-13-14-15-16-17-18-29(39)44-36-30(33(36,5)6)27-20-26(22-37)21-34(41)28(19-23(2)31(34)40)35(27,42)24(3)32(36)43-25(4)38/h9-20,24,27-28,30,32,37,41-42H,7-8,21-22H2,1-6H3/b10-9-,12-11+,14-13+,16-15-,18-17-/t24-,27+,28?,30?,32-,34-,35-,36-/m1/s1. The number of carbonyl (C=O) groups is 3. The molecule has 44 heavy (non-hydrogen) atoms. The van der Waals surface area contributed by atoms with Crippen molar-refractivity contribution in [1.82, 2.24) is 0 Å². The molecular formula is C36H46O8. The maximum Gasteiger partial charge on any atom is 0.331 e. The summed E-state index contributed by atoms with van der Waals surface area (Å²) in [6, 6.07) is 0. The predicted octanol–water partition coefficient (Wildman–Crippen LogP) is 4.63. The minimum Gasteiger partial charge on any atom is -0.458 e. The number of unbranched alkanes of at least 4 members (excludes halogenated alkanes) is 1. The third kappa shape index (κ3) is 5.41. The molecule has 8 nitrogen and oxygen atoms in total. The first-order chi connectivity index (χ1) is 20.7. The second-order valence-electron chi connectivity index (χ2n) is 13.1. The van der Waals surface area contributed by atoms with Crippen LogP contribution in [0.5, 0.6) is 0 Å². The molecule has 2 saturated carbocycles. The van der Waals surface area contributed by atoms with Gasteiger partial charge in [-0.05, 0) is 24.5 Å². The van der Waals surface area contributed by atoms with Crippen LogP contribution in [0.25, 0.3) is 0 Å². The van der Waals surface area contributed by atoms with Gasteiger partial charge in [0.15, 0.2) is 11.4 Å². The zero-order valence-electron chi connectivity index (χ0n) is 26.5. The van der Waals surface area contributed by atoms with Gasteiger partial charge in [0.2, 0.25) is 0 Å². The van der Waals surface area contributed by atoms with E-state index in [-0.39, 0.29) is 6.42 Å². The van der Waals surface area contributed by atoms with E-state index in [1.54, 1.807) is 44.2 Å². The SMILES string of the molecule is CCC\C=C/C=C/C=C/C=C\C=C/C(=O)O[C@]12C([C@@H]3C=C(CO)C[C@]4(O)C(=O)C(C)=CC4[C@@]3(O)[C@H](C)[C@H]1OC(C)=O)C2(C)C. The molecule has 0 aliphatic heterocycles. The van der Waals surface area contributed by atoms with Crippen molar-refractivity contribution >= 4 is 17.7 Å². The van der Waals surface area contributed by atoms with E-state index in [4.69, 9.17) is 9.47 Å². The van der Waals surface area contributed by atoms with E-state index in [0.29, 0.717) is 11.1 Å². The lowest BCUT2D eigenvalue weighted by Gasteiger charge is -2.53. The molecule has 4 rings (SSSR count). The number of carbonyl (C=O) groups excluding carboxylic acids is 3. The Kier molecular flexibility index (Phi) is 9.60. The van der Waals surface area contributed by atoms with Crippen molar-refractivity contribution in [2.24, 2.45) is 29.1 Å². The molecular weight excluding hydrogens is 560 g/mol. The third-order valence-electron chi connectivity index (χ3n) is 10.1. The number of allylic oxidation sites excluding steroid dienone is 9. The Bertz CT molecular complexity index is 1380. The van der Waals surface area contributed by atoms with Gasteiger partial charge in [0.1, 0.15) is 11.7 Å².